The number of urea groups is 1. The van der Waals surface area contributed by atoms with Crippen molar-refractivity contribution in [2.45, 2.75) is 38.2 Å². The quantitative estimate of drug-likeness (QED) is 0.867. The van der Waals surface area contributed by atoms with E-state index in [1.807, 2.05) is 24.3 Å². The van der Waals surface area contributed by atoms with E-state index in [9.17, 15) is 4.79 Å². The lowest BCUT2D eigenvalue weighted by Crippen LogP contribution is -2.47. The Kier molecular flexibility index (Phi) is 5.21. The van der Waals surface area contributed by atoms with Crippen molar-refractivity contribution in [1.29, 1.82) is 0 Å². The van der Waals surface area contributed by atoms with Gasteiger partial charge in [-0.15, -0.1) is 0 Å². The normalized spacial score (nSPS) is 20.4. The zero-order valence-corrected chi connectivity index (χ0v) is 16.7. The van der Waals surface area contributed by atoms with Crippen LogP contribution in [0.1, 0.15) is 37.7 Å². The number of nitrogens with zero attached hydrogens (tertiary/aromatic N) is 4. The van der Waals surface area contributed by atoms with Gasteiger partial charge in [-0.2, -0.15) is 5.10 Å². The monoisotopic (exact) mass is 385 g/mol. The topological polar surface area (TPSA) is 81.0 Å². The third-order valence-corrected chi connectivity index (χ3v) is 5.71. The lowest BCUT2D eigenvalue weighted by Gasteiger charge is -2.31. The van der Waals surface area contributed by atoms with Gasteiger partial charge in [-0.25, -0.2) is 9.79 Å². The number of hydrogen-bond donors (Lipinski definition) is 1. The number of amidine groups is 1. The highest BCUT2D eigenvalue weighted by molar-refractivity contribution is 6.02. The number of methoxy groups -OCH3 is 2. The summed E-state index contributed by atoms with van der Waals surface area (Å²) >= 11 is 0. The number of piperidine rings is 1. The lowest BCUT2D eigenvalue weighted by atomic mass is 9.91. The molecule has 8 nitrogen and oxygen atoms in total. The molecule has 28 heavy (non-hydrogen) atoms. The summed E-state index contributed by atoms with van der Waals surface area (Å²) in [5, 5.41) is 7.30. The van der Waals surface area contributed by atoms with Crippen LogP contribution in [0.25, 0.3) is 5.57 Å². The molecular weight excluding hydrogens is 358 g/mol. The second-order valence-corrected chi connectivity index (χ2v) is 7.42. The number of aromatic nitrogens is 2. The van der Waals surface area contributed by atoms with Gasteiger partial charge in [0.1, 0.15) is 11.6 Å². The molecule has 0 atom stereocenters. The maximum absolute atomic E-state index is 12.7. The summed E-state index contributed by atoms with van der Waals surface area (Å²) in [5.74, 6) is 1.64. The first-order valence-corrected chi connectivity index (χ1v) is 9.74. The Morgan fingerprint density at radius 2 is 2.00 bits per heavy atom. The minimum atomic E-state index is -0.0879. The third kappa shape index (κ3) is 3.56. The molecule has 1 aromatic rings. The first-order valence-electron chi connectivity index (χ1n) is 9.74. The number of allylic oxidation sites excluding steroid dienone is 3. The Hall–Kier alpha value is -2.61. The Morgan fingerprint density at radius 1 is 1.21 bits per heavy atom. The molecule has 2 amide bonds. The maximum atomic E-state index is 12.7. The number of aliphatic imine (C=N–C) groups is 1. The van der Waals surface area contributed by atoms with E-state index in [1.54, 1.807) is 18.9 Å². The summed E-state index contributed by atoms with van der Waals surface area (Å²) in [5.41, 5.74) is 4.22. The number of carbonyl (C=O) groups is 1. The van der Waals surface area contributed by atoms with Gasteiger partial charge in [-0.05, 0) is 24.8 Å². The SMILES string of the molecule is COC1=C2CC(NC(=O)N3CCC(OC)CC3)=NC2=C(c2cnn(C)c2)CC1. The standard InChI is InChI=1S/C20H27N5O3/c1-24-12-13(11-21-24)15-4-5-17(28-3)16-10-18(22-19(15)16)23-20(26)25-8-6-14(27-2)7-9-25/h11-12,14H,4-10H2,1-3H3,(H,22,23,26). The van der Waals surface area contributed by atoms with Crippen molar-refractivity contribution >= 4 is 17.4 Å². The molecule has 0 aromatic carbocycles. The average Bonchev–Trinajstić information content (AvgIpc) is 3.33. The maximum Gasteiger partial charge on any atom is 0.322 e. The number of amides is 2. The van der Waals surface area contributed by atoms with E-state index in [-0.39, 0.29) is 12.1 Å². The Labute approximate surface area is 164 Å². The molecule has 2 aliphatic heterocycles. The smallest absolute Gasteiger partial charge is 0.322 e. The van der Waals surface area contributed by atoms with E-state index >= 15 is 0 Å². The van der Waals surface area contributed by atoms with E-state index in [4.69, 9.17) is 14.5 Å². The molecular formula is C20H27N5O3. The zero-order chi connectivity index (χ0) is 19.7. The van der Waals surface area contributed by atoms with Crippen LogP contribution in [0.5, 0.6) is 0 Å². The van der Waals surface area contributed by atoms with Crippen LogP contribution in [0.3, 0.4) is 0 Å². The summed E-state index contributed by atoms with van der Waals surface area (Å²) < 4.78 is 12.8. The van der Waals surface area contributed by atoms with Gasteiger partial charge < -0.3 is 14.4 Å². The molecule has 0 spiro atoms. The fraction of sp³-hybridized carbons (Fsp3) is 0.550. The third-order valence-electron chi connectivity index (χ3n) is 5.71. The average molecular weight is 385 g/mol. The minimum Gasteiger partial charge on any atom is -0.501 e. The van der Waals surface area contributed by atoms with E-state index in [0.29, 0.717) is 25.3 Å². The molecule has 1 aliphatic carbocycles. The molecule has 0 saturated carbocycles. The molecule has 0 bridgehead atoms. The van der Waals surface area contributed by atoms with E-state index in [1.165, 1.54) is 0 Å². The molecule has 4 rings (SSSR count). The van der Waals surface area contributed by atoms with E-state index in [0.717, 1.165) is 53.8 Å². The Balaban J connectivity index is 1.54. The van der Waals surface area contributed by atoms with Gasteiger partial charge in [0.15, 0.2) is 0 Å². The minimum absolute atomic E-state index is 0.0879. The summed E-state index contributed by atoms with van der Waals surface area (Å²) in [4.78, 5) is 19.3. The van der Waals surface area contributed by atoms with Crippen LogP contribution in [-0.2, 0) is 16.5 Å². The van der Waals surface area contributed by atoms with Crippen LogP contribution >= 0.6 is 0 Å². The van der Waals surface area contributed by atoms with Crippen molar-refractivity contribution < 1.29 is 14.3 Å². The molecule has 1 saturated heterocycles. The van der Waals surface area contributed by atoms with Gasteiger partial charge in [0, 0.05) is 57.4 Å². The van der Waals surface area contributed by atoms with Crippen LogP contribution in [0, 0.1) is 0 Å². The van der Waals surface area contributed by atoms with Gasteiger partial charge in [-0.1, -0.05) is 0 Å². The highest BCUT2D eigenvalue weighted by Gasteiger charge is 2.31. The van der Waals surface area contributed by atoms with Crippen LogP contribution in [0.4, 0.5) is 4.79 Å². The van der Waals surface area contributed by atoms with E-state index < -0.39 is 0 Å². The fourth-order valence-corrected chi connectivity index (χ4v) is 4.13. The predicted octanol–water partition coefficient (Wildman–Crippen LogP) is 2.45. The molecule has 150 valence electrons. The van der Waals surface area contributed by atoms with Crippen LogP contribution < -0.4 is 5.32 Å². The van der Waals surface area contributed by atoms with E-state index in [2.05, 4.69) is 10.4 Å². The first-order chi connectivity index (χ1) is 13.6. The Morgan fingerprint density at radius 3 is 2.64 bits per heavy atom. The second-order valence-electron chi connectivity index (χ2n) is 7.42. The number of carbonyl (C=O) groups excluding carboxylic acids is 1. The number of nitrogens with one attached hydrogen (secondary N) is 1. The van der Waals surface area contributed by atoms with Crippen molar-refractivity contribution in [3.05, 3.63) is 35.0 Å². The number of fused-ring (bicyclic) bond motifs is 1. The summed E-state index contributed by atoms with van der Waals surface area (Å²) in [7, 11) is 5.33. The highest BCUT2D eigenvalue weighted by Crippen LogP contribution is 2.41. The number of ether oxygens (including phenoxy) is 2. The van der Waals surface area contributed by atoms with Crippen molar-refractivity contribution in [1.82, 2.24) is 20.0 Å². The largest absolute Gasteiger partial charge is 0.501 e. The van der Waals surface area contributed by atoms with Crippen LogP contribution in [0.15, 0.2) is 34.4 Å². The van der Waals surface area contributed by atoms with Crippen LogP contribution in [0.2, 0.25) is 0 Å². The van der Waals surface area contributed by atoms with Crippen molar-refractivity contribution in [3.8, 4) is 0 Å². The highest BCUT2D eigenvalue weighted by atomic mass is 16.5. The van der Waals surface area contributed by atoms with Gasteiger partial charge in [-0.3, -0.25) is 10.00 Å². The number of rotatable bonds is 3. The number of aryl methyl sites for hydroxylation is 1. The van der Waals surface area contributed by atoms with Crippen molar-refractivity contribution in [3.63, 3.8) is 0 Å². The summed E-state index contributed by atoms with van der Waals surface area (Å²) in [6.45, 7) is 1.40. The first kappa shape index (κ1) is 18.7. The molecule has 1 aromatic heterocycles. The molecule has 1 N–H and O–H groups in total. The molecule has 0 unspecified atom stereocenters. The second kappa shape index (κ2) is 7.79. The number of hydrogen-bond acceptors (Lipinski definition) is 5. The van der Waals surface area contributed by atoms with Crippen molar-refractivity contribution in [2.24, 2.45) is 12.0 Å². The molecule has 1 fully saturated rings. The fourth-order valence-electron chi connectivity index (χ4n) is 4.13. The Bertz CT molecular complexity index is 859. The van der Waals surface area contributed by atoms with Gasteiger partial charge >= 0.3 is 6.03 Å². The predicted molar refractivity (Wildman–Crippen MR) is 106 cm³/mol. The summed E-state index contributed by atoms with van der Waals surface area (Å²) in [6, 6.07) is -0.0879. The molecule has 0 radical (unpaired) electrons. The van der Waals surface area contributed by atoms with Gasteiger partial charge in [0.2, 0.25) is 0 Å². The number of likely N-dealkylation sites (tertiary alicyclic amines) is 1. The summed E-state index contributed by atoms with van der Waals surface area (Å²) in [6.07, 6.45) is 8.12. The molecule has 3 aliphatic rings. The molecule has 3 heterocycles. The zero-order valence-electron chi connectivity index (χ0n) is 16.7. The van der Waals surface area contributed by atoms with Gasteiger partial charge in [0.05, 0.1) is 25.1 Å². The molecule has 8 heteroatoms. The lowest BCUT2D eigenvalue weighted by molar-refractivity contribution is 0.0510. The van der Waals surface area contributed by atoms with Gasteiger partial charge in [0.25, 0.3) is 0 Å². The van der Waals surface area contributed by atoms with Crippen LogP contribution in [-0.4, -0.2) is 60.0 Å². The van der Waals surface area contributed by atoms with Crippen molar-refractivity contribution in [2.75, 3.05) is 27.3 Å².